The van der Waals surface area contributed by atoms with Crippen LogP contribution in [0.5, 0.6) is 0 Å². The van der Waals surface area contributed by atoms with Gasteiger partial charge in [-0.2, -0.15) is 0 Å². The molecule has 0 bridgehead atoms. The number of hydrogen-bond acceptors (Lipinski definition) is 2. The number of hydrogen-bond donors (Lipinski definition) is 2. The third-order valence-corrected chi connectivity index (χ3v) is 3.32. The number of aromatic nitrogens is 2. The number of para-hydroxylation sites is 1. The Morgan fingerprint density at radius 2 is 2.15 bits per heavy atom. The molecule has 0 aliphatic carbocycles. The van der Waals surface area contributed by atoms with Gasteiger partial charge in [-0.3, -0.25) is 9.78 Å². The summed E-state index contributed by atoms with van der Waals surface area (Å²) in [4.78, 5) is 19.3. The molecule has 0 atom stereocenters. The van der Waals surface area contributed by atoms with E-state index in [1.807, 2.05) is 43.5 Å². The lowest BCUT2D eigenvalue weighted by Gasteiger charge is -2.07. The van der Waals surface area contributed by atoms with Crippen LogP contribution in [-0.4, -0.2) is 15.9 Å². The number of pyridine rings is 1. The van der Waals surface area contributed by atoms with Crippen LogP contribution in [0.3, 0.4) is 0 Å². The Hall–Kier alpha value is -2.62. The number of anilines is 1. The topological polar surface area (TPSA) is 57.8 Å². The van der Waals surface area contributed by atoms with Crippen molar-refractivity contribution >= 4 is 22.5 Å². The van der Waals surface area contributed by atoms with Crippen LogP contribution in [0.15, 0.2) is 48.9 Å². The van der Waals surface area contributed by atoms with Crippen molar-refractivity contribution in [1.82, 2.24) is 9.97 Å². The number of carbonyl (C=O) groups is 1. The molecule has 0 aliphatic heterocycles. The van der Waals surface area contributed by atoms with E-state index in [0.29, 0.717) is 6.42 Å². The molecule has 3 aromatic rings. The minimum absolute atomic E-state index is 0.0240. The predicted octanol–water partition coefficient (Wildman–Crippen LogP) is 3.05. The van der Waals surface area contributed by atoms with Gasteiger partial charge in [-0.05, 0) is 30.2 Å². The summed E-state index contributed by atoms with van der Waals surface area (Å²) in [6.07, 6.45) is 5.66. The third-order valence-electron chi connectivity index (χ3n) is 3.32. The van der Waals surface area contributed by atoms with E-state index in [2.05, 4.69) is 15.3 Å². The van der Waals surface area contributed by atoms with Gasteiger partial charge in [-0.15, -0.1) is 0 Å². The van der Waals surface area contributed by atoms with Crippen LogP contribution in [0.25, 0.3) is 10.9 Å². The summed E-state index contributed by atoms with van der Waals surface area (Å²) in [7, 11) is 0. The number of fused-ring (bicyclic) bond motifs is 1. The lowest BCUT2D eigenvalue weighted by molar-refractivity contribution is -0.115. The zero-order valence-corrected chi connectivity index (χ0v) is 11.2. The van der Waals surface area contributed by atoms with Gasteiger partial charge in [0.2, 0.25) is 5.91 Å². The fourth-order valence-corrected chi connectivity index (χ4v) is 2.26. The van der Waals surface area contributed by atoms with Crippen LogP contribution in [-0.2, 0) is 11.2 Å². The van der Waals surface area contributed by atoms with Crippen molar-refractivity contribution in [1.29, 1.82) is 0 Å². The average Bonchev–Trinajstić information content (AvgIpc) is 2.85. The normalized spacial score (nSPS) is 10.7. The summed E-state index contributed by atoms with van der Waals surface area (Å²) >= 11 is 0. The summed E-state index contributed by atoms with van der Waals surface area (Å²) in [5.41, 5.74) is 3.82. The van der Waals surface area contributed by atoms with Crippen molar-refractivity contribution in [2.24, 2.45) is 0 Å². The third kappa shape index (κ3) is 2.40. The van der Waals surface area contributed by atoms with Gasteiger partial charge in [0.25, 0.3) is 0 Å². The van der Waals surface area contributed by atoms with Crippen LogP contribution in [0.1, 0.15) is 11.1 Å². The first kappa shape index (κ1) is 12.4. The van der Waals surface area contributed by atoms with Crippen molar-refractivity contribution < 1.29 is 4.79 Å². The highest BCUT2D eigenvalue weighted by atomic mass is 16.1. The molecule has 4 nitrogen and oxygen atoms in total. The summed E-state index contributed by atoms with van der Waals surface area (Å²) in [5, 5.41) is 4.01. The molecule has 1 aromatic carbocycles. The van der Waals surface area contributed by atoms with Gasteiger partial charge in [0, 0.05) is 35.2 Å². The molecule has 2 aromatic heterocycles. The summed E-state index contributed by atoms with van der Waals surface area (Å²) in [6, 6.07) is 9.78. The molecule has 0 saturated carbocycles. The Kier molecular flexibility index (Phi) is 3.21. The molecule has 20 heavy (non-hydrogen) atoms. The maximum absolute atomic E-state index is 12.1. The second kappa shape index (κ2) is 5.17. The lowest BCUT2D eigenvalue weighted by atomic mass is 10.1. The van der Waals surface area contributed by atoms with Gasteiger partial charge in [0.15, 0.2) is 0 Å². The van der Waals surface area contributed by atoms with Crippen molar-refractivity contribution in [3.63, 3.8) is 0 Å². The Bertz CT molecular complexity index is 761. The summed E-state index contributed by atoms with van der Waals surface area (Å²) in [5.74, 6) is -0.0240. The summed E-state index contributed by atoms with van der Waals surface area (Å²) < 4.78 is 0. The first-order valence-electron chi connectivity index (χ1n) is 6.49. The van der Waals surface area contributed by atoms with Gasteiger partial charge >= 0.3 is 0 Å². The zero-order chi connectivity index (χ0) is 13.9. The van der Waals surface area contributed by atoms with E-state index >= 15 is 0 Å². The minimum Gasteiger partial charge on any atom is -0.361 e. The highest BCUT2D eigenvalue weighted by molar-refractivity contribution is 5.96. The largest absolute Gasteiger partial charge is 0.361 e. The predicted molar refractivity (Wildman–Crippen MR) is 79.6 cm³/mol. The van der Waals surface area contributed by atoms with Crippen LogP contribution < -0.4 is 5.32 Å². The molecular formula is C16H15N3O. The van der Waals surface area contributed by atoms with Crippen LogP contribution in [0.4, 0.5) is 5.69 Å². The number of nitrogens with one attached hydrogen (secondary N) is 2. The number of aryl methyl sites for hydroxylation is 1. The second-order valence-corrected chi connectivity index (χ2v) is 4.78. The van der Waals surface area contributed by atoms with Crippen molar-refractivity contribution in [2.45, 2.75) is 13.3 Å². The molecule has 0 radical (unpaired) electrons. The van der Waals surface area contributed by atoms with E-state index in [4.69, 9.17) is 0 Å². The molecule has 0 fully saturated rings. The molecular weight excluding hydrogens is 250 g/mol. The van der Waals surface area contributed by atoms with Crippen molar-refractivity contribution in [2.75, 3.05) is 5.32 Å². The maximum Gasteiger partial charge on any atom is 0.228 e. The van der Waals surface area contributed by atoms with E-state index in [0.717, 1.165) is 27.7 Å². The van der Waals surface area contributed by atoms with Crippen LogP contribution >= 0.6 is 0 Å². The standard InChI is InChI=1S/C16H15N3O/c1-11-9-17-7-6-14(11)19-16(20)8-12-10-18-15-5-3-2-4-13(12)15/h2-7,9-10,18H,8H2,1H3,(H,17,19,20). The number of H-pyrrole nitrogens is 1. The van der Waals surface area contributed by atoms with Crippen molar-refractivity contribution in [3.05, 3.63) is 60.0 Å². The number of aromatic amines is 1. The molecule has 0 saturated heterocycles. The first-order chi connectivity index (χ1) is 9.74. The van der Waals surface area contributed by atoms with Gasteiger partial charge < -0.3 is 10.3 Å². The Labute approximate surface area is 116 Å². The van der Waals surface area contributed by atoms with E-state index in [1.54, 1.807) is 12.4 Å². The number of amides is 1. The fraction of sp³-hybridized carbons (Fsp3) is 0.125. The number of rotatable bonds is 3. The SMILES string of the molecule is Cc1cnccc1NC(=O)Cc1c[nH]c2ccccc12. The molecule has 2 N–H and O–H groups in total. The minimum atomic E-state index is -0.0240. The molecule has 0 spiro atoms. The number of carbonyl (C=O) groups excluding carboxylic acids is 1. The number of nitrogens with zero attached hydrogens (tertiary/aromatic N) is 1. The molecule has 1 amide bonds. The van der Waals surface area contributed by atoms with Gasteiger partial charge in [-0.25, -0.2) is 0 Å². The molecule has 100 valence electrons. The Morgan fingerprint density at radius 3 is 3.00 bits per heavy atom. The molecule has 0 aliphatic rings. The zero-order valence-electron chi connectivity index (χ0n) is 11.2. The smallest absolute Gasteiger partial charge is 0.228 e. The molecule has 4 heteroatoms. The van der Waals surface area contributed by atoms with Crippen LogP contribution in [0, 0.1) is 6.92 Å². The molecule has 0 unspecified atom stereocenters. The van der Waals surface area contributed by atoms with E-state index < -0.39 is 0 Å². The maximum atomic E-state index is 12.1. The van der Waals surface area contributed by atoms with E-state index in [1.165, 1.54) is 0 Å². The average molecular weight is 265 g/mol. The monoisotopic (exact) mass is 265 g/mol. The quantitative estimate of drug-likeness (QED) is 0.764. The lowest BCUT2D eigenvalue weighted by Crippen LogP contribution is -2.15. The highest BCUT2D eigenvalue weighted by Gasteiger charge is 2.09. The second-order valence-electron chi connectivity index (χ2n) is 4.78. The van der Waals surface area contributed by atoms with Crippen molar-refractivity contribution in [3.8, 4) is 0 Å². The molecule has 2 heterocycles. The van der Waals surface area contributed by atoms with Crippen LogP contribution in [0.2, 0.25) is 0 Å². The fourth-order valence-electron chi connectivity index (χ4n) is 2.26. The van der Waals surface area contributed by atoms with Gasteiger partial charge in [0.1, 0.15) is 0 Å². The van der Waals surface area contributed by atoms with E-state index in [9.17, 15) is 4.79 Å². The Morgan fingerprint density at radius 1 is 1.30 bits per heavy atom. The number of benzene rings is 1. The highest BCUT2D eigenvalue weighted by Crippen LogP contribution is 2.19. The molecule has 3 rings (SSSR count). The Balaban J connectivity index is 1.78. The summed E-state index contributed by atoms with van der Waals surface area (Å²) in [6.45, 7) is 1.92. The first-order valence-corrected chi connectivity index (χ1v) is 6.49. The van der Waals surface area contributed by atoms with Gasteiger partial charge in [0.05, 0.1) is 6.42 Å². The van der Waals surface area contributed by atoms with E-state index in [-0.39, 0.29) is 5.91 Å². The van der Waals surface area contributed by atoms with Gasteiger partial charge in [-0.1, -0.05) is 18.2 Å².